The Bertz CT molecular complexity index is 1250. The second kappa shape index (κ2) is 8.12. The number of rotatable bonds is 4. The lowest BCUT2D eigenvalue weighted by Gasteiger charge is -2.35. The van der Waals surface area contributed by atoms with Crippen LogP contribution in [0.5, 0.6) is 5.75 Å². The van der Waals surface area contributed by atoms with Crippen molar-refractivity contribution in [1.82, 2.24) is 40.1 Å². The normalized spacial score (nSPS) is 16.8. The Morgan fingerprint density at radius 3 is 2.75 bits per heavy atom. The number of aromatic hydroxyl groups is 1. The third kappa shape index (κ3) is 3.84. The van der Waals surface area contributed by atoms with E-state index < -0.39 is 0 Å². The highest BCUT2D eigenvalue weighted by Crippen LogP contribution is 2.31. The summed E-state index contributed by atoms with van der Waals surface area (Å²) in [5, 5.41) is 27.2. The number of benzene rings is 1. The van der Waals surface area contributed by atoms with E-state index in [9.17, 15) is 5.11 Å². The smallest absolute Gasteiger partial charge is 0.245 e. The molecular formula is C22H25N9O. The third-order valence-electron chi connectivity index (χ3n) is 5.74. The van der Waals surface area contributed by atoms with Gasteiger partial charge in [-0.3, -0.25) is 4.98 Å². The van der Waals surface area contributed by atoms with Crippen molar-refractivity contribution in [1.29, 1.82) is 0 Å². The lowest BCUT2D eigenvalue weighted by Crippen LogP contribution is -2.53. The third-order valence-corrected chi connectivity index (χ3v) is 5.74. The monoisotopic (exact) mass is 431 g/mol. The van der Waals surface area contributed by atoms with Crippen LogP contribution in [0, 0.1) is 12.8 Å². The van der Waals surface area contributed by atoms with E-state index in [2.05, 4.69) is 54.3 Å². The van der Waals surface area contributed by atoms with Crippen LogP contribution in [-0.4, -0.2) is 65.5 Å². The molecule has 0 unspecified atom stereocenters. The van der Waals surface area contributed by atoms with Gasteiger partial charge in [0.05, 0.1) is 24.3 Å². The van der Waals surface area contributed by atoms with E-state index in [0.717, 1.165) is 25.2 Å². The van der Waals surface area contributed by atoms with E-state index in [4.69, 9.17) is 0 Å². The fraction of sp³-hybridized carbons (Fsp3) is 0.364. The number of phenols is 1. The number of piperazine rings is 1. The van der Waals surface area contributed by atoms with Gasteiger partial charge >= 0.3 is 0 Å². The lowest BCUT2D eigenvalue weighted by molar-refractivity contribution is 0.365. The molecule has 0 spiro atoms. The maximum absolute atomic E-state index is 10.7. The van der Waals surface area contributed by atoms with E-state index in [0.29, 0.717) is 46.3 Å². The first kappa shape index (κ1) is 20.3. The molecule has 3 aromatic heterocycles. The maximum atomic E-state index is 10.7. The Balaban J connectivity index is 1.38. The second-order valence-corrected chi connectivity index (χ2v) is 8.36. The van der Waals surface area contributed by atoms with Gasteiger partial charge in [-0.25, -0.2) is 14.5 Å². The number of anilines is 1. The number of hydrogen-bond acceptors (Lipinski definition) is 9. The molecule has 4 aromatic rings. The van der Waals surface area contributed by atoms with E-state index in [-0.39, 0.29) is 5.75 Å². The minimum atomic E-state index is 0.0880. The van der Waals surface area contributed by atoms with Gasteiger partial charge in [-0.1, -0.05) is 19.9 Å². The van der Waals surface area contributed by atoms with Gasteiger partial charge < -0.3 is 15.3 Å². The van der Waals surface area contributed by atoms with Crippen molar-refractivity contribution in [2.24, 2.45) is 5.92 Å². The summed E-state index contributed by atoms with van der Waals surface area (Å²) in [6.45, 7) is 8.82. The molecule has 164 valence electrons. The summed E-state index contributed by atoms with van der Waals surface area (Å²) in [6, 6.07) is 5.74. The summed E-state index contributed by atoms with van der Waals surface area (Å²) < 4.78 is 1.68. The quantitative estimate of drug-likeness (QED) is 0.501. The van der Waals surface area contributed by atoms with Gasteiger partial charge in [-0.05, 0) is 25.0 Å². The highest BCUT2D eigenvalue weighted by molar-refractivity contribution is 5.72. The zero-order valence-electron chi connectivity index (χ0n) is 18.3. The maximum Gasteiger partial charge on any atom is 0.245 e. The molecule has 0 saturated carbocycles. The predicted molar refractivity (Wildman–Crippen MR) is 120 cm³/mol. The highest BCUT2D eigenvalue weighted by Gasteiger charge is 2.23. The number of nitrogens with zero attached hydrogens (tertiary/aromatic N) is 8. The molecule has 1 aliphatic rings. The summed E-state index contributed by atoms with van der Waals surface area (Å²) in [6.07, 6.45) is 5.11. The molecule has 0 bridgehead atoms. The molecule has 0 aliphatic carbocycles. The average Bonchev–Trinajstić information content (AvgIpc) is 3.18. The molecule has 10 nitrogen and oxygen atoms in total. The molecule has 5 rings (SSSR count). The van der Waals surface area contributed by atoms with Gasteiger partial charge in [0.25, 0.3) is 0 Å². The average molecular weight is 432 g/mol. The minimum Gasteiger partial charge on any atom is -0.507 e. The highest BCUT2D eigenvalue weighted by atomic mass is 16.3. The number of aryl methyl sites for hydroxylation is 1. The number of phenolic OH excluding ortho intramolecular Hbond substituents is 1. The molecule has 10 heteroatoms. The molecule has 2 N–H and O–H groups in total. The van der Waals surface area contributed by atoms with Crippen molar-refractivity contribution in [3.63, 3.8) is 0 Å². The number of fused-ring (bicyclic) bond motifs is 1. The van der Waals surface area contributed by atoms with E-state index >= 15 is 0 Å². The van der Waals surface area contributed by atoms with Gasteiger partial charge in [0.2, 0.25) is 5.95 Å². The molecule has 32 heavy (non-hydrogen) atoms. The zero-order chi connectivity index (χ0) is 22.2. The largest absolute Gasteiger partial charge is 0.507 e. The van der Waals surface area contributed by atoms with Crippen molar-refractivity contribution in [3.05, 3.63) is 42.6 Å². The lowest BCUT2D eigenvalue weighted by atomic mass is 10.0. The van der Waals surface area contributed by atoms with Crippen molar-refractivity contribution in [2.45, 2.75) is 26.8 Å². The number of aromatic nitrogens is 7. The van der Waals surface area contributed by atoms with Crippen molar-refractivity contribution in [3.8, 4) is 28.3 Å². The fourth-order valence-electron chi connectivity index (χ4n) is 3.91. The van der Waals surface area contributed by atoms with E-state index in [1.54, 1.807) is 35.2 Å². The Morgan fingerprint density at radius 1 is 1.12 bits per heavy atom. The summed E-state index contributed by atoms with van der Waals surface area (Å²) in [4.78, 5) is 15.4. The molecule has 0 radical (unpaired) electrons. The van der Waals surface area contributed by atoms with Gasteiger partial charge in [0.15, 0.2) is 5.65 Å². The first-order valence-electron chi connectivity index (χ1n) is 10.7. The van der Waals surface area contributed by atoms with Crippen LogP contribution in [0.3, 0.4) is 0 Å². The summed E-state index contributed by atoms with van der Waals surface area (Å²) >= 11 is 0. The fourth-order valence-corrected chi connectivity index (χ4v) is 3.91. The SMILES string of the molecule is Cc1nc2cnc(-c3ccc(-c4cnc(N5CCN[C@@H](C(C)C)C5)nn4)c(O)c3)cn2n1. The Hall–Kier alpha value is -3.66. The Morgan fingerprint density at radius 2 is 2.00 bits per heavy atom. The van der Waals surface area contributed by atoms with Crippen molar-refractivity contribution in [2.75, 3.05) is 24.5 Å². The van der Waals surface area contributed by atoms with Gasteiger partial charge in [0, 0.05) is 36.8 Å². The summed E-state index contributed by atoms with van der Waals surface area (Å²) in [5.41, 5.74) is 3.21. The van der Waals surface area contributed by atoms with Crippen LogP contribution in [0.2, 0.25) is 0 Å². The standard InChI is InChI=1S/C22H25N9O/c1-13(2)18-11-30(7-6-23-18)22-25-9-17(27-28-22)16-5-4-15(8-20(16)32)19-12-31-21(10-24-19)26-14(3)29-31/h4-5,8-10,12-13,18,23,32H,6-7,11H2,1-3H3/t18-/m1/s1. The molecule has 4 heterocycles. The van der Waals surface area contributed by atoms with Gasteiger partial charge in [-0.15, -0.1) is 10.2 Å². The number of hydrogen-bond donors (Lipinski definition) is 2. The predicted octanol–water partition coefficient (Wildman–Crippen LogP) is 2.09. The first-order valence-corrected chi connectivity index (χ1v) is 10.7. The molecule has 1 saturated heterocycles. The van der Waals surface area contributed by atoms with Crippen molar-refractivity contribution >= 4 is 11.6 Å². The van der Waals surface area contributed by atoms with E-state index in [1.807, 2.05) is 13.0 Å². The summed E-state index contributed by atoms with van der Waals surface area (Å²) in [7, 11) is 0. The molecule has 1 aliphatic heterocycles. The van der Waals surface area contributed by atoms with Crippen LogP contribution < -0.4 is 10.2 Å². The van der Waals surface area contributed by atoms with Crippen LogP contribution >= 0.6 is 0 Å². The first-order chi connectivity index (χ1) is 15.5. The molecule has 0 amide bonds. The molecule has 1 fully saturated rings. The topological polar surface area (TPSA) is 117 Å². The second-order valence-electron chi connectivity index (χ2n) is 8.36. The molecule has 1 aromatic carbocycles. The van der Waals surface area contributed by atoms with Crippen LogP contribution in [0.1, 0.15) is 19.7 Å². The molecular weight excluding hydrogens is 406 g/mol. The van der Waals surface area contributed by atoms with Gasteiger partial charge in [-0.2, -0.15) is 5.10 Å². The number of nitrogens with one attached hydrogen (secondary N) is 1. The summed E-state index contributed by atoms with van der Waals surface area (Å²) in [5.74, 6) is 1.91. The van der Waals surface area contributed by atoms with Crippen LogP contribution in [-0.2, 0) is 0 Å². The molecule has 1 atom stereocenters. The van der Waals surface area contributed by atoms with E-state index in [1.165, 1.54) is 0 Å². The van der Waals surface area contributed by atoms with Gasteiger partial charge in [0.1, 0.15) is 17.3 Å². The zero-order valence-corrected chi connectivity index (χ0v) is 18.3. The Kier molecular flexibility index (Phi) is 5.14. The van der Waals surface area contributed by atoms with Crippen LogP contribution in [0.25, 0.3) is 28.2 Å². The van der Waals surface area contributed by atoms with Crippen molar-refractivity contribution < 1.29 is 5.11 Å². The Labute approximate surface area is 185 Å². The van der Waals surface area contributed by atoms with Crippen LogP contribution in [0.4, 0.5) is 5.95 Å². The minimum absolute atomic E-state index is 0.0880. The van der Waals surface area contributed by atoms with Crippen LogP contribution in [0.15, 0.2) is 36.8 Å².